The van der Waals surface area contributed by atoms with Crippen LogP contribution >= 0.6 is 0 Å². The number of aliphatic hydroxyl groups excluding tert-OH is 2. The molecule has 0 fully saturated rings. The van der Waals surface area contributed by atoms with Crippen molar-refractivity contribution in [2.75, 3.05) is 13.2 Å². The molecule has 0 aliphatic carbocycles. The third-order valence-electron chi connectivity index (χ3n) is 6.77. The highest BCUT2D eigenvalue weighted by Crippen LogP contribution is 2.38. The number of rotatable bonds is 26. The van der Waals surface area contributed by atoms with Crippen LogP contribution < -0.4 is 5.73 Å². The van der Waals surface area contributed by atoms with Crippen molar-refractivity contribution in [2.45, 2.75) is 181 Å². The molecule has 0 aromatic heterocycles. The zero-order valence-corrected chi connectivity index (χ0v) is 25.4. The zero-order chi connectivity index (χ0) is 28.2. The highest BCUT2D eigenvalue weighted by molar-refractivity contribution is 4.89. The molecule has 0 aliphatic heterocycles. The van der Waals surface area contributed by atoms with E-state index < -0.39 is 23.9 Å². The first-order chi connectivity index (χ1) is 17.6. The second-order valence-corrected chi connectivity index (χ2v) is 10.8. The van der Waals surface area contributed by atoms with Crippen LogP contribution in [0.15, 0.2) is 0 Å². The molecule has 0 aromatic carbocycles. The number of ether oxygens (including phenoxy) is 4. The molecule has 7 heteroatoms. The summed E-state index contributed by atoms with van der Waals surface area (Å²) >= 11 is 0. The van der Waals surface area contributed by atoms with E-state index >= 15 is 0 Å². The van der Waals surface area contributed by atoms with E-state index in [0.29, 0.717) is 45.3 Å². The van der Waals surface area contributed by atoms with Gasteiger partial charge in [-0.2, -0.15) is 0 Å². The van der Waals surface area contributed by atoms with Crippen molar-refractivity contribution in [3.05, 3.63) is 0 Å². The molecule has 37 heavy (non-hydrogen) atoms. The van der Waals surface area contributed by atoms with Crippen molar-refractivity contribution in [1.82, 2.24) is 0 Å². The second kappa shape index (κ2) is 21.5. The average Bonchev–Trinajstić information content (AvgIpc) is 2.85. The summed E-state index contributed by atoms with van der Waals surface area (Å²) in [6.45, 7) is 14.8. The molecular weight excluding hydrogens is 470 g/mol. The third kappa shape index (κ3) is 15.2. The van der Waals surface area contributed by atoms with Crippen LogP contribution in [0.4, 0.5) is 0 Å². The highest BCUT2D eigenvalue weighted by Gasteiger charge is 2.56. The molecule has 0 saturated carbocycles. The molecule has 0 aromatic rings. The summed E-state index contributed by atoms with van der Waals surface area (Å²) in [5, 5.41) is 20.2. The summed E-state index contributed by atoms with van der Waals surface area (Å²) in [5.41, 5.74) is 7.05. The van der Waals surface area contributed by atoms with Crippen LogP contribution in [0.25, 0.3) is 0 Å². The van der Waals surface area contributed by atoms with E-state index in [4.69, 9.17) is 24.7 Å². The molecule has 0 bridgehead atoms. The molecule has 0 spiro atoms. The van der Waals surface area contributed by atoms with E-state index in [-0.39, 0.29) is 12.2 Å². The van der Waals surface area contributed by atoms with Gasteiger partial charge in [-0.3, -0.25) is 5.73 Å². The molecule has 0 saturated heterocycles. The fourth-order valence-electron chi connectivity index (χ4n) is 4.64. The summed E-state index contributed by atoms with van der Waals surface area (Å²) in [4.78, 5) is 0. The molecule has 6 atom stereocenters. The summed E-state index contributed by atoms with van der Waals surface area (Å²) in [6, 6.07) is 0. The largest absolute Gasteiger partial charge is 0.393 e. The lowest BCUT2D eigenvalue weighted by Crippen LogP contribution is -2.68. The standard InChI is InChI=1S/C30H63NO6/c1-8-13-14-15-16-17-18-19-20-29(34-21-9-2,36-27(11-4)23-25(6)32)30(31,35-22-10-3)37-28(12-5)24-26(7)33/h25-28,32-33H,8-24,31H2,1-7H3. The topological polar surface area (TPSA) is 103 Å². The van der Waals surface area contributed by atoms with Crippen LogP contribution in [-0.2, 0) is 18.9 Å². The zero-order valence-electron chi connectivity index (χ0n) is 25.4. The fourth-order valence-corrected chi connectivity index (χ4v) is 4.64. The van der Waals surface area contributed by atoms with Gasteiger partial charge in [0, 0.05) is 6.42 Å². The second-order valence-electron chi connectivity index (χ2n) is 10.8. The van der Waals surface area contributed by atoms with Crippen molar-refractivity contribution < 1.29 is 29.2 Å². The molecule has 0 amide bonds. The van der Waals surface area contributed by atoms with E-state index in [2.05, 4.69) is 13.8 Å². The van der Waals surface area contributed by atoms with E-state index in [1.807, 2.05) is 20.8 Å². The number of hydrogen-bond donors (Lipinski definition) is 3. The molecule has 224 valence electrons. The van der Waals surface area contributed by atoms with E-state index in [1.165, 1.54) is 32.1 Å². The Kier molecular flexibility index (Phi) is 21.4. The SMILES string of the molecule is CCCCCCCCCCC(OCCC)(OC(CC)CC(C)O)C(N)(OCCC)OC(CC)CC(C)O. The lowest BCUT2D eigenvalue weighted by molar-refractivity contribution is -0.429. The van der Waals surface area contributed by atoms with Crippen molar-refractivity contribution in [3.8, 4) is 0 Å². The van der Waals surface area contributed by atoms with Crippen molar-refractivity contribution in [1.29, 1.82) is 0 Å². The predicted molar refractivity (Wildman–Crippen MR) is 152 cm³/mol. The Bertz CT molecular complexity index is 520. The first kappa shape index (κ1) is 36.7. The van der Waals surface area contributed by atoms with Crippen LogP contribution in [0, 0.1) is 0 Å². The Hall–Kier alpha value is -0.280. The smallest absolute Gasteiger partial charge is 0.282 e. The van der Waals surface area contributed by atoms with Gasteiger partial charge in [0.1, 0.15) is 0 Å². The van der Waals surface area contributed by atoms with Crippen molar-refractivity contribution >= 4 is 0 Å². The van der Waals surface area contributed by atoms with Gasteiger partial charge in [-0.15, -0.1) is 0 Å². The first-order valence-electron chi connectivity index (χ1n) is 15.4. The van der Waals surface area contributed by atoms with Gasteiger partial charge in [0.15, 0.2) is 0 Å². The molecule has 6 unspecified atom stereocenters. The van der Waals surface area contributed by atoms with Crippen molar-refractivity contribution in [3.63, 3.8) is 0 Å². The Balaban J connectivity index is 6.09. The monoisotopic (exact) mass is 533 g/mol. The number of unbranched alkanes of at least 4 members (excludes halogenated alkanes) is 7. The molecule has 7 nitrogen and oxygen atoms in total. The Morgan fingerprint density at radius 2 is 1.08 bits per heavy atom. The minimum Gasteiger partial charge on any atom is -0.393 e. The van der Waals surface area contributed by atoms with Gasteiger partial charge in [-0.05, 0) is 58.8 Å². The quantitative estimate of drug-likeness (QED) is 0.0828. The Morgan fingerprint density at radius 3 is 1.54 bits per heavy atom. The van der Waals surface area contributed by atoms with Gasteiger partial charge >= 0.3 is 0 Å². The lowest BCUT2D eigenvalue weighted by atomic mass is 9.99. The molecule has 0 radical (unpaired) electrons. The molecule has 0 aliphatic rings. The maximum absolute atomic E-state index is 10.1. The minimum absolute atomic E-state index is 0.264. The summed E-state index contributed by atoms with van der Waals surface area (Å²) < 4.78 is 26.1. The maximum Gasteiger partial charge on any atom is 0.282 e. The fraction of sp³-hybridized carbons (Fsp3) is 1.00. The molecular formula is C30H63NO6. The van der Waals surface area contributed by atoms with Crippen LogP contribution in [0.2, 0.25) is 0 Å². The van der Waals surface area contributed by atoms with Crippen LogP contribution in [0.1, 0.15) is 145 Å². The summed E-state index contributed by atoms with van der Waals surface area (Å²) in [5.74, 6) is -2.98. The number of nitrogens with two attached hydrogens (primary N) is 1. The minimum atomic E-state index is -1.65. The first-order valence-corrected chi connectivity index (χ1v) is 15.4. The molecule has 0 heterocycles. The van der Waals surface area contributed by atoms with Gasteiger partial charge in [-0.1, -0.05) is 79.6 Å². The van der Waals surface area contributed by atoms with Gasteiger partial charge in [0.25, 0.3) is 5.91 Å². The molecule has 4 N–H and O–H groups in total. The third-order valence-corrected chi connectivity index (χ3v) is 6.77. The Morgan fingerprint density at radius 1 is 0.622 bits per heavy atom. The average molecular weight is 534 g/mol. The normalized spacial score (nSPS) is 18.6. The number of hydrogen-bond acceptors (Lipinski definition) is 7. The van der Waals surface area contributed by atoms with Gasteiger partial charge in [-0.25, -0.2) is 0 Å². The maximum atomic E-state index is 10.1. The van der Waals surface area contributed by atoms with E-state index in [0.717, 1.165) is 32.1 Å². The van der Waals surface area contributed by atoms with E-state index in [1.54, 1.807) is 13.8 Å². The Labute approximate surface area is 229 Å². The lowest BCUT2D eigenvalue weighted by Gasteiger charge is -2.49. The van der Waals surface area contributed by atoms with Gasteiger partial charge in [0.2, 0.25) is 5.79 Å². The van der Waals surface area contributed by atoms with Crippen LogP contribution in [-0.4, -0.2) is 59.5 Å². The molecule has 0 rings (SSSR count). The van der Waals surface area contributed by atoms with Gasteiger partial charge < -0.3 is 29.2 Å². The van der Waals surface area contributed by atoms with Crippen LogP contribution in [0.5, 0.6) is 0 Å². The van der Waals surface area contributed by atoms with E-state index in [9.17, 15) is 10.2 Å². The predicted octanol–water partition coefficient (Wildman–Crippen LogP) is 6.81. The highest BCUT2D eigenvalue weighted by atomic mass is 16.8. The van der Waals surface area contributed by atoms with Crippen molar-refractivity contribution in [2.24, 2.45) is 5.73 Å². The summed E-state index contributed by atoms with van der Waals surface area (Å²) in [6.07, 6.45) is 12.2. The van der Waals surface area contributed by atoms with Gasteiger partial charge in [0.05, 0.1) is 37.6 Å². The van der Waals surface area contributed by atoms with Crippen LogP contribution in [0.3, 0.4) is 0 Å². The summed E-state index contributed by atoms with van der Waals surface area (Å²) in [7, 11) is 0. The number of aliphatic hydroxyl groups is 2.